The maximum Gasteiger partial charge on any atom is 0.0659 e. The van der Waals surface area contributed by atoms with Gasteiger partial charge in [0.1, 0.15) is 0 Å². The van der Waals surface area contributed by atoms with Crippen LogP contribution in [0.15, 0.2) is 42.5 Å². The molecule has 0 saturated heterocycles. The van der Waals surface area contributed by atoms with E-state index in [9.17, 15) is 0 Å². The highest BCUT2D eigenvalue weighted by Crippen LogP contribution is 2.19. The van der Waals surface area contributed by atoms with Crippen LogP contribution in [0.4, 0.5) is 0 Å². The summed E-state index contributed by atoms with van der Waals surface area (Å²) in [4.78, 5) is 16.4. The van der Waals surface area contributed by atoms with Gasteiger partial charge < -0.3 is 9.97 Å². The summed E-state index contributed by atoms with van der Waals surface area (Å²) in [5, 5.41) is 0. The van der Waals surface area contributed by atoms with Gasteiger partial charge in [-0.25, -0.2) is 9.97 Å². The highest BCUT2D eigenvalue weighted by molar-refractivity contribution is 5.79. The molecule has 31 heavy (non-hydrogen) atoms. The number of aromatic amines is 2. The fourth-order valence-electron chi connectivity index (χ4n) is 3.74. The van der Waals surface area contributed by atoms with Gasteiger partial charge in [-0.15, -0.1) is 0 Å². The van der Waals surface area contributed by atoms with Crippen LogP contribution in [0.1, 0.15) is 60.9 Å². The molecule has 0 fully saturated rings. The number of hydrogen-bond donors (Lipinski definition) is 2. The van der Waals surface area contributed by atoms with Crippen molar-refractivity contribution < 1.29 is 0 Å². The van der Waals surface area contributed by atoms with E-state index in [0.717, 1.165) is 63.2 Å². The van der Waals surface area contributed by atoms with Crippen LogP contribution in [0.2, 0.25) is 0 Å². The van der Waals surface area contributed by atoms with Gasteiger partial charge in [0, 0.05) is 23.0 Å². The van der Waals surface area contributed by atoms with Crippen LogP contribution in [-0.2, 0) is 0 Å². The van der Waals surface area contributed by atoms with Gasteiger partial charge in [-0.3, -0.25) is 0 Å². The van der Waals surface area contributed by atoms with E-state index < -0.39 is 0 Å². The molecule has 4 heteroatoms. The number of H-pyrrole nitrogens is 2. The van der Waals surface area contributed by atoms with Crippen molar-refractivity contribution in [2.45, 2.75) is 32.6 Å². The highest BCUT2D eigenvalue weighted by atomic mass is 14.8. The molecule has 2 aliphatic heterocycles. The molecular weight excluding hydrogens is 380 g/mol. The predicted molar refractivity (Wildman–Crippen MR) is 130 cm³/mol. The molecule has 4 nitrogen and oxygen atoms in total. The number of nitrogens with zero attached hydrogens (tertiary/aromatic N) is 2. The van der Waals surface area contributed by atoms with Crippen molar-refractivity contribution in [1.29, 1.82) is 0 Å². The lowest BCUT2D eigenvalue weighted by molar-refractivity contribution is 0.737. The minimum absolute atomic E-state index is 0.899. The Morgan fingerprint density at radius 1 is 0.710 bits per heavy atom. The van der Waals surface area contributed by atoms with Crippen LogP contribution >= 0.6 is 0 Å². The van der Waals surface area contributed by atoms with Crippen LogP contribution in [0, 0.1) is 11.8 Å². The molecule has 0 atom stereocenters. The maximum atomic E-state index is 4.73. The van der Waals surface area contributed by atoms with Crippen molar-refractivity contribution in [3.05, 3.63) is 70.8 Å². The van der Waals surface area contributed by atoms with Crippen molar-refractivity contribution in [3.63, 3.8) is 0 Å². The summed E-state index contributed by atoms with van der Waals surface area (Å²) in [6.07, 6.45) is 12.6. The number of rotatable bonds is 3. The quantitative estimate of drug-likeness (QED) is 0.263. The Balaban J connectivity index is 1.69. The van der Waals surface area contributed by atoms with Gasteiger partial charge in [-0.2, -0.15) is 0 Å². The number of unbranched alkanes of at least 4 members (excludes halogenated alkanes) is 3. The highest BCUT2D eigenvalue weighted by Gasteiger charge is 2.04. The van der Waals surface area contributed by atoms with E-state index in [1.165, 1.54) is 12.8 Å². The minimum Gasteiger partial charge on any atom is -0.355 e. The molecule has 0 aromatic carbocycles. The molecule has 3 aromatic heterocycles. The molecule has 0 saturated carbocycles. The monoisotopic (exact) mass is 404 g/mol. The largest absolute Gasteiger partial charge is 0.355 e. The second-order valence-electron chi connectivity index (χ2n) is 7.85. The van der Waals surface area contributed by atoms with Crippen molar-refractivity contribution in [2.24, 2.45) is 0 Å². The summed E-state index contributed by atoms with van der Waals surface area (Å²) < 4.78 is 0. The normalized spacial score (nSPS) is 12.0. The van der Waals surface area contributed by atoms with Gasteiger partial charge in [0.05, 0.1) is 33.9 Å². The predicted octanol–water partition coefficient (Wildman–Crippen LogP) is 6.59. The third kappa shape index (κ3) is 4.51. The van der Waals surface area contributed by atoms with E-state index in [1.807, 2.05) is 36.4 Å². The van der Waals surface area contributed by atoms with E-state index in [1.54, 1.807) is 0 Å². The molecule has 5 heterocycles. The molecule has 152 valence electrons. The first-order valence-electron chi connectivity index (χ1n) is 10.8. The zero-order valence-electron chi connectivity index (χ0n) is 17.6. The summed E-state index contributed by atoms with van der Waals surface area (Å²) >= 11 is 0. The number of hydrogen-bond acceptors (Lipinski definition) is 2. The first kappa shape index (κ1) is 19.1. The fraction of sp³-hybridized carbons (Fsp3) is 0.185. The number of nitrogens with one attached hydrogen (secondary N) is 2. The summed E-state index contributed by atoms with van der Waals surface area (Å²) in [5.41, 5.74) is 8.68. The van der Waals surface area contributed by atoms with Gasteiger partial charge in [0.25, 0.3) is 0 Å². The molecule has 0 amide bonds. The molecular formula is C27H24N4. The number of aromatic nitrogens is 4. The second-order valence-corrected chi connectivity index (χ2v) is 7.85. The summed E-state index contributed by atoms with van der Waals surface area (Å²) in [5.74, 6) is 6.70. The van der Waals surface area contributed by atoms with Gasteiger partial charge in [0.15, 0.2) is 0 Å². The van der Waals surface area contributed by atoms with Crippen LogP contribution in [0.3, 0.4) is 0 Å². The number of fused-ring (bicyclic) bond motifs is 8. The van der Waals surface area contributed by atoms with E-state index >= 15 is 0 Å². The average molecular weight is 405 g/mol. The molecule has 8 bridgehead atoms. The van der Waals surface area contributed by atoms with Crippen molar-refractivity contribution in [1.82, 2.24) is 19.9 Å². The fourth-order valence-corrected chi connectivity index (χ4v) is 3.74. The maximum absolute atomic E-state index is 4.73. The zero-order chi connectivity index (χ0) is 21.0. The molecule has 0 aliphatic carbocycles. The smallest absolute Gasteiger partial charge is 0.0659 e. The van der Waals surface area contributed by atoms with Crippen LogP contribution in [-0.4, -0.2) is 19.9 Å². The Labute approximate surface area is 181 Å². The standard InChI is InChI=1S/C27H24N4/c1-2-3-4-5-6-7-19-14-26-17-24-11-10-22(29-24)15-20-8-9-21(28-20)16-23-12-13-25(30-23)18-27(19)31-26/h8-18,29,31H,2-5H2,1H3. The van der Waals surface area contributed by atoms with Crippen LogP contribution in [0.25, 0.3) is 46.4 Å². The first-order valence-corrected chi connectivity index (χ1v) is 10.8. The zero-order valence-corrected chi connectivity index (χ0v) is 17.6. The van der Waals surface area contributed by atoms with E-state index in [0.29, 0.717) is 0 Å². The summed E-state index contributed by atoms with van der Waals surface area (Å²) in [7, 11) is 0. The second kappa shape index (κ2) is 8.49. The molecule has 0 unspecified atom stereocenters. The Bertz CT molecular complexity index is 1400. The topological polar surface area (TPSA) is 57.4 Å². The van der Waals surface area contributed by atoms with Crippen molar-refractivity contribution in [2.75, 3.05) is 0 Å². The Morgan fingerprint density at radius 3 is 2.13 bits per heavy atom. The molecule has 2 N–H and O–H groups in total. The Kier molecular flexibility index (Phi) is 5.24. The van der Waals surface area contributed by atoms with Gasteiger partial charge in [0.2, 0.25) is 0 Å². The molecule has 5 rings (SSSR count). The lowest BCUT2D eigenvalue weighted by Gasteiger charge is -1.89. The van der Waals surface area contributed by atoms with E-state index in [-0.39, 0.29) is 0 Å². The van der Waals surface area contributed by atoms with Gasteiger partial charge in [-0.05, 0) is 73.2 Å². The molecule has 2 aliphatic rings. The third-order valence-electron chi connectivity index (χ3n) is 5.30. The first-order chi connectivity index (χ1) is 15.2. The van der Waals surface area contributed by atoms with E-state index in [4.69, 9.17) is 4.98 Å². The Hall–Kier alpha value is -3.84. The van der Waals surface area contributed by atoms with E-state index in [2.05, 4.69) is 64.0 Å². The molecule has 0 radical (unpaired) electrons. The Morgan fingerprint density at radius 2 is 1.39 bits per heavy atom. The lowest BCUT2D eigenvalue weighted by Crippen LogP contribution is -1.78. The van der Waals surface area contributed by atoms with Crippen molar-refractivity contribution >= 4 is 46.4 Å². The van der Waals surface area contributed by atoms with Crippen molar-refractivity contribution in [3.8, 4) is 11.8 Å². The SMILES string of the molecule is CCCCCC#Cc1cc2cc3ccc(cc4nc(cc5nc(cc1[nH]2)C=C5)C=C4)[nH]3. The van der Waals surface area contributed by atoms with Gasteiger partial charge in [-0.1, -0.05) is 31.6 Å². The lowest BCUT2D eigenvalue weighted by atomic mass is 10.2. The van der Waals surface area contributed by atoms with Crippen LogP contribution in [0.5, 0.6) is 0 Å². The average Bonchev–Trinajstić information content (AvgIpc) is 3.53. The summed E-state index contributed by atoms with van der Waals surface area (Å²) in [6, 6.07) is 14.5. The minimum atomic E-state index is 0.899. The third-order valence-corrected chi connectivity index (χ3v) is 5.30. The molecule has 0 spiro atoms. The van der Waals surface area contributed by atoms with Gasteiger partial charge >= 0.3 is 0 Å². The van der Waals surface area contributed by atoms with Crippen LogP contribution < -0.4 is 0 Å². The summed E-state index contributed by atoms with van der Waals surface area (Å²) in [6.45, 7) is 2.21. The molecule has 3 aromatic rings.